The number of aromatic nitrogens is 14. The third-order valence-corrected chi connectivity index (χ3v) is 22.5. The van der Waals surface area contributed by atoms with Crippen LogP contribution in [-0.4, -0.2) is 224 Å². The molecule has 0 aromatic carbocycles. The van der Waals surface area contributed by atoms with Gasteiger partial charge in [-0.3, -0.25) is 46.1 Å². The third kappa shape index (κ3) is 14.1. The first-order chi connectivity index (χ1) is 46.8. The number of methoxy groups -OCH3 is 3. The van der Waals surface area contributed by atoms with Gasteiger partial charge in [0.2, 0.25) is 0 Å². The summed E-state index contributed by atoms with van der Waals surface area (Å²) in [5.41, 5.74) is 17.6. The summed E-state index contributed by atoms with van der Waals surface area (Å²) in [7, 11) is 4.22. The van der Waals surface area contributed by atoms with E-state index in [1.807, 2.05) is 25.3 Å². The summed E-state index contributed by atoms with van der Waals surface area (Å²) in [4.78, 5) is 92.7. The quantitative estimate of drug-likeness (QED) is 0.0539. The smallest absolute Gasteiger partial charge is 0.382 e. The number of nitrogen functional groups attached to an aromatic ring is 3. The number of imidazole rings is 3. The SMILES string of the molecule is CC[C@@]12CCOC([C@H](n3cnc4c(N)ncnc43)O1)[C@H]2OP(=O)(O)OC.CC[C@@]12CCOC([C@H](n3cnc4c(N)ncnc43)O1)[C@H]2OP(O)(=S)OC.CC[C@H]1O[C@@H](n2ccc(=O)[nH]c2=O)C(OC)[C@H]1OP(O)(=S)OC.COC[C@@]12CCOC([C@H](n3cnc4c(N)ncnc43)O1)[C@H]2OC. The molecule has 7 aromatic rings. The van der Waals surface area contributed by atoms with Crippen molar-refractivity contribution < 1.29 is 93.8 Å². The van der Waals surface area contributed by atoms with Gasteiger partial charge in [0.25, 0.3) is 5.56 Å². The highest BCUT2D eigenvalue weighted by atomic mass is 32.5. The number of phosphoric ester groups is 1. The van der Waals surface area contributed by atoms with Crippen molar-refractivity contribution in [2.75, 3.05) is 86.3 Å². The van der Waals surface area contributed by atoms with Crippen molar-refractivity contribution in [2.45, 2.75) is 156 Å². The van der Waals surface area contributed by atoms with E-state index in [2.05, 4.69) is 54.4 Å². The fourth-order valence-corrected chi connectivity index (χ4v) is 15.9. The van der Waals surface area contributed by atoms with E-state index in [1.54, 1.807) is 42.3 Å². The van der Waals surface area contributed by atoms with Crippen LogP contribution in [0.4, 0.5) is 17.5 Å². The molecule has 7 unspecified atom stereocenters. The molecule has 7 saturated heterocycles. The van der Waals surface area contributed by atoms with Gasteiger partial charge in [0.15, 0.2) is 59.3 Å². The lowest BCUT2D eigenvalue weighted by atomic mass is 9.87. The van der Waals surface area contributed by atoms with Crippen LogP contribution in [0, 0.1) is 0 Å². The Balaban J connectivity index is 0.000000132. The van der Waals surface area contributed by atoms with Crippen LogP contribution in [0.3, 0.4) is 0 Å². The van der Waals surface area contributed by atoms with Gasteiger partial charge in [-0.05, 0) is 42.9 Å². The van der Waals surface area contributed by atoms with Crippen LogP contribution in [0.2, 0.25) is 0 Å². The molecule has 0 spiro atoms. The zero-order valence-corrected chi connectivity index (χ0v) is 58.8. The van der Waals surface area contributed by atoms with E-state index in [0.29, 0.717) is 110 Å². The Labute approximate surface area is 568 Å². The summed E-state index contributed by atoms with van der Waals surface area (Å²) in [6, 6.07) is 1.21. The van der Waals surface area contributed by atoms with E-state index in [-0.39, 0.29) is 18.0 Å². The molecule has 538 valence electrons. The van der Waals surface area contributed by atoms with Gasteiger partial charge in [0.05, 0.1) is 51.5 Å². The molecule has 0 saturated carbocycles. The monoisotopic (exact) mass is 1470 g/mol. The van der Waals surface area contributed by atoms with Crippen molar-refractivity contribution in [1.82, 2.24) is 68.1 Å². The van der Waals surface area contributed by atoms with Crippen LogP contribution in [-0.2, 0) is 103 Å². The Morgan fingerprint density at radius 2 is 1.01 bits per heavy atom. The third-order valence-electron chi connectivity index (χ3n) is 18.2. The molecule has 0 aliphatic carbocycles. The van der Waals surface area contributed by atoms with Gasteiger partial charge in [-0.15, -0.1) is 0 Å². The Kier molecular flexibility index (Phi) is 22.4. The van der Waals surface area contributed by atoms with E-state index < -0.39 is 117 Å². The molecule has 7 aliphatic heterocycles. The lowest BCUT2D eigenvalue weighted by Crippen LogP contribution is -2.52. The molecule has 98 heavy (non-hydrogen) atoms. The topological polar surface area (TPSA) is 489 Å². The Bertz CT molecular complexity index is 4090. The van der Waals surface area contributed by atoms with Crippen molar-refractivity contribution >= 4 is 95.8 Å². The maximum atomic E-state index is 12.0. The second-order valence-electron chi connectivity index (χ2n) is 23.3. The number of hydrogen-bond acceptors (Lipinski definition) is 33. The molecule has 0 amide bonds. The minimum absolute atomic E-state index is 0.224. The van der Waals surface area contributed by atoms with Crippen molar-refractivity contribution in [3.8, 4) is 0 Å². The van der Waals surface area contributed by atoms with Crippen molar-refractivity contribution in [3.63, 3.8) is 0 Å². The Morgan fingerprint density at radius 3 is 1.42 bits per heavy atom. The first-order valence-electron chi connectivity index (χ1n) is 30.7. The minimum atomic E-state index is -4.22. The van der Waals surface area contributed by atoms with E-state index in [0.717, 1.165) is 7.11 Å². The van der Waals surface area contributed by atoms with E-state index in [1.165, 1.54) is 57.1 Å². The van der Waals surface area contributed by atoms with Crippen molar-refractivity contribution in [3.05, 3.63) is 71.1 Å². The molecule has 14 heterocycles. The summed E-state index contributed by atoms with van der Waals surface area (Å²) < 4.78 is 109. The summed E-state index contributed by atoms with van der Waals surface area (Å²) in [6.45, 7) is 0.959. The molecule has 0 radical (unpaired) electrons. The molecular formula is C54H78N17O22P3S2. The number of nitrogens with one attached hydrogen (secondary N) is 1. The molecule has 44 heteroatoms. The van der Waals surface area contributed by atoms with Crippen LogP contribution >= 0.6 is 21.3 Å². The number of rotatable bonds is 20. The lowest BCUT2D eigenvalue weighted by Gasteiger charge is -2.38. The van der Waals surface area contributed by atoms with Gasteiger partial charge < -0.3 is 88.3 Å². The molecule has 14 rings (SSSR count). The van der Waals surface area contributed by atoms with Crippen molar-refractivity contribution in [1.29, 1.82) is 0 Å². The standard InChI is InChI=1S/C14H20N5O6P.C14H20N5O5PS.C14H19N5O4.C12H19N2O7PS/c1-3-14-4-5-23-9(10(14)25-26(20,21)22-2)13(24-14)19-7-18-8-11(15)16-6-17-12(8)19;1-3-14-4-5-22-9(10(14)24-25(20,26)21-2)13(23-14)19-7-18-8-11(15)16-6-17-12(8)19;1-20-5-14-3-4-22-9(10(14)21-2)13(23-14)19-7-18-8-11(15)16-6-17-12(8)19;1-4-7-9(21-22(17,23)19-3)10(18-2)11(20-7)14-6-5-8(15)13-12(14)16/h6-7,9-10,13H,3-5H2,1-2H3,(H,20,21)(H2,15,16,17);6-7,9-10,13H,3-5H2,1-2H3,(H,20,26)(H2,15,16,17);6-7,9-10,13H,3-5H2,1-2H3,(H2,15,16,17);5-7,9-11H,4H2,1-3H3,(H,17,23)(H,13,15,16)/t9?,10-,13-,14+;9?,10-,13-,14+,25?;9?,10-,13-,14-;7-,9+,10?,11-,22?/m1111/s1. The number of ether oxygens (including phenoxy) is 10. The minimum Gasteiger partial charge on any atom is -0.382 e. The largest absolute Gasteiger partial charge is 0.472 e. The normalized spacial score (nSPS) is 32.7. The van der Waals surface area contributed by atoms with Crippen LogP contribution in [0.1, 0.15) is 84.2 Å². The fourth-order valence-electron chi connectivity index (χ4n) is 13.4. The fraction of sp³-hybridized carbons (Fsp3) is 0.648. The van der Waals surface area contributed by atoms with Gasteiger partial charge in [0, 0.05) is 74.2 Å². The summed E-state index contributed by atoms with van der Waals surface area (Å²) >= 11 is 9.92. The number of fused-ring (bicyclic) bond motifs is 9. The predicted molar refractivity (Wildman–Crippen MR) is 349 cm³/mol. The Morgan fingerprint density at radius 1 is 0.571 bits per heavy atom. The summed E-state index contributed by atoms with van der Waals surface area (Å²) in [5.74, 6) is 0.886. The number of phosphoric acid groups is 1. The van der Waals surface area contributed by atoms with E-state index in [4.69, 9.17) is 111 Å². The molecule has 7 aliphatic rings. The summed E-state index contributed by atoms with van der Waals surface area (Å²) in [6.07, 6.45) is 6.56. The van der Waals surface area contributed by atoms with Crippen LogP contribution in [0.15, 0.2) is 59.8 Å². The molecule has 7 aromatic heterocycles. The number of nitrogens with two attached hydrogens (primary N) is 3. The van der Waals surface area contributed by atoms with E-state index >= 15 is 0 Å². The highest BCUT2D eigenvalue weighted by Crippen LogP contribution is 2.57. The zero-order valence-electron chi connectivity index (χ0n) is 54.5. The highest BCUT2D eigenvalue weighted by Gasteiger charge is 2.63. The van der Waals surface area contributed by atoms with Gasteiger partial charge in [-0.2, -0.15) is 0 Å². The first-order valence-corrected chi connectivity index (χ1v) is 37.4. The second-order valence-corrected chi connectivity index (χ2v) is 30.6. The average molecular weight is 1470 g/mol. The average Bonchev–Trinajstić information content (AvgIpc) is 1.59. The molecule has 10 N–H and O–H groups in total. The zero-order chi connectivity index (χ0) is 70.3. The Hall–Kier alpha value is -5.50. The molecule has 6 bridgehead atoms. The molecular weight excluding hydrogens is 1400 g/mol. The number of anilines is 3. The number of nitrogens with zero attached hydrogens (tertiary/aromatic N) is 13. The predicted octanol–water partition coefficient (Wildman–Crippen LogP) is 2.36. The van der Waals surface area contributed by atoms with Crippen LogP contribution in [0.5, 0.6) is 0 Å². The van der Waals surface area contributed by atoms with Crippen LogP contribution < -0.4 is 28.5 Å². The number of H-pyrrole nitrogens is 1. The highest BCUT2D eigenvalue weighted by molar-refractivity contribution is 8.07. The molecule has 39 nitrogen and oxygen atoms in total. The first kappa shape index (κ1) is 73.7. The van der Waals surface area contributed by atoms with Gasteiger partial charge in [-0.1, -0.05) is 20.8 Å². The number of hydrogen-bond donors (Lipinski definition) is 7. The lowest BCUT2D eigenvalue weighted by molar-refractivity contribution is -0.159. The molecule has 19 atom stereocenters. The summed E-state index contributed by atoms with van der Waals surface area (Å²) in [5, 5.41) is 0. The van der Waals surface area contributed by atoms with Crippen molar-refractivity contribution in [2.24, 2.45) is 0 Å². The van der Waals surface area contributed by atoms with Gasteiger partial charge >= 0.3 is 26.9 Å². The molecule has 7 fully saturated rings. The second kappa shape index (κ2) is 29.8. The van der Waals surface area contributed by atoms with Crippen LogP contribution in [0.25, 0.3) is 33.5 Å². The maximum absolute atomic E-state index is 12.0. The van der Waals surface area contributed by atoms with E-state index in [9.17, 15) is 28.8 Å². The van der Waals surface area contributed by atoms with Gasteiger partial charge in [-0.25, -0.2) is 54.2 Å². The maximum Gasteiger partial charge on any atom is 0.472 e. The number of aromatic amines is 1. The van der Waals surface area contributed by atoms with Gasteiger partial charge in [0.1, 0.15) is 101 Å².